The van der Waals surface area contributed by atoms with Gasteiger partial charge in [0.05, 0.1) is 24.1 Å². The Balaban J connectivity index is 2.02. The van der Waals surface area contributed by atoms with E-state index in [0.29, 0.717) is 6.61 Å². The van der Waals surface area contributed by atoms with Gasteiger partial charge in [0.1, 0.15) is 12.4 Å². The summed E-state index contributed by atoms with van der Waals surface area (Å²) in [6, 6.07) is 8.79. The van der Waals surface area contributed by atoms with Crippen molar-refractivity contribution in [2.24, 2.45) is 0 Å². The molecule has 0 amide bonds. The molecule has 20 heavy (non-hydrogen) atoms. The number of fused-ring (bicyclic) bond motifs is 1. The Kier molecular flexibility index (Phi) is 3.49. The molecule has 0 fully saturated rings. The van der Waals surface area contributed by atoms with E-state index in [1.165, 1.54) is 11.3 Å². The van der Waals surface area contributed by atoms with E-state index in [1.807, 2.05) is 25.4 Å². The Morgan fingerprint density at radius 2 is 2.15 bits per heavy atom. The van der Waals surface area contributed by atoms with Crippen molar-refractivity contribution in [2.75, 3.05) is 13.2 Å². The van der Waals surface area contributed by atoms with Crippen molar-refractivity contribution in [1.82, 2.24) is 14.9 Å². The number of nitrogens with one attached hydrogen (secondary N) is 1. The Morgan fingerprint density at radius 1 is 1.35 bits per heavy atom. The van der Waals surface area contributed by atoms with Gasteiger partial charge in [-0.15, -0.1) is 0 Å². The number of rotatable bonds is 3. The highest BCUT2D eigenvalue weighted by molar-refractivity contribution is 5.38. The normalized spacial score (nSPS) is 21.4. The summed E-state index contributed by atoms with van der Waals surface area (Å²) in [5, 5.41) is 3.60. The third kappa shape index (κ3) is 2.10. The minimum atomic E-state index is 0.242. The van der Waals surface area contributed by atoms with Crippen LogP contribution in [0, 0.1) is 13.8 Å². The number of para-hydroxylation sites is 1. The average Bonchev–Trinajstić information content (AvgIpc) is 2.80. The van der Waals surface area contributed by atoms with Crippen LogP contribution in [-0.2, 0) is 0 Å². The van der Waals surface area contributed by atoms with Crippen LogP contribution in [0.25, 0.3) is 0 Å². The van der Waals surface area contributed by atoms with Gasteiger partial charge in [0.2, 0.25) is 0 Å². The minimum absolute atomic E-state index is 0.242. The number of aromatic nitrogens is 2. The number of nitrogens with zero attached hydrogens (tertiary/aromatic N) is 2. The molecule has 2 heterocycles. The predicted octanol–water partition coefficient (Wildman–Crippen LogP) is 2.78. The smallest absolute Gasteiger partial charge is 0.124 e. The maximum absolute atomic E-state index is 5.94. The molecule has 1 aliphatic rings. The zero-order valence-corrected chi connectivity index (χ0v) is 12.3. The highest BCUT2D eigenvalue weighted by atomic mass is 16.5. The van der Waals surface area contributed by atoms with Crippen molar-refractivity contribution >= 4 is 0 Å². The summed E-state index contributed by atoms with van der Waals surface area (Å²) >= 11 is 0. The molecule has 2 aromatic rings. The molecule has 3 rings (SSSR count). The molecule has 1 aromatic carbocycles. The summed E-state index contributed by atoms with van der Waals surface area (Å²) in [6.07, 6.45) is 1.93. The molecule has 0 saturated heterocycles. The van der Waals surface area contributed by atoms with E-state index in [4.69, 9.17) is 4.74 Å². The van der Waals surface area contributed by atoms with Crippen molar-refractivity contribution in [3.63, 3.8) is 0 Å². The van der Waals surface area contributed by atoms with E-state index in [-0.39, 0.29) is 12.1 Å². The van der Waals surface area contributed by atoms with Gasteiger partial charge < -0.3 is 14.6 Å². The Hall–Kier alpha value is -1.81. The second-order valence-electron chi connectivity index (χ2n) is 5.27. The summed E-state index contributed by atoms with van der Waals surface area (Å²) in [5.41, 5.74) is 3.52. The molecule has 0 bridgehead atoms. The molecule has 2 unspecified atom stereocenters. The van der Waals surface area contributed by atoms with E-state index in [0.717, 1.165) is 18.0 Å². The van der Waals surface area contributed by atoms with Gasteiger partial charge in [-0.2, -0.15) is 0 Å². The van der Waals surface area contributed by atoms with Gasteiger partial charge in [-0.3, -0.25) is 0 Å². The third-order valence-electron chi connectivity index (χ3n) is 4.12. The monoisotopic (exact) mass is 271 g/mol. The predicted molar refractivity (Wildman–Crippen MR) is 79.1 cm³/mol. The quantitative estimate of drug-likeness (QED) is 0.933. The lowest BCUT2D eigenvalue weighted by Crippen LogP contribution is -2.37. The molecule has 0 aliphatic carbocycles. The van der Waals surface area contributed by atoms with Gasteiger partial charge in [0, 0.05) is 11.3 Å². The van der Waals surface area contributed by atoms with Crippen LogP contribution in [0.3, 0.4) is 0 Å². The maximum Gasteiger partial charge on any atom is 0.124 e. The fourth-order valence-electron chi connectivity index (χ4n) is 2.90. The van der Waals surface area contributed by atoms with Gasteiger partial charge in [0.15, 0.2) is 0 Å². The number of hydrogen-bond donors (Lipinski definition) is 1. The van der Waals surface area contributed by atoms with Crippen LogP contribution in [-0.4, -0.2) is 22.7 Å². The molecule has 1 aliphatic heterocycles. The first kappa shape index (κ1) is 13.2. The molecular formula is C16H21N3O. The Morgan fingerprint density at radius 3 is 2.85 bits per heavy atom. The number of likely N-dealkylation sites (N-methyl/N-ethyl adjacent to an activating group) is 1. The van der Waals surface area contributed by atoms with Crippen LogP contribution in [0.5, 0.6) is 5.75 Å². The summed E-state index contributed by atoms with van der Waals surface area (Å²) < 4.78 is 8.18. The van der Waals surface area contributed by atoms with E-state index < -0.39 is 0 Å². The van der Waals surface area contributed by atoms with Gasteiger partial charge >= 0.3 is 0 Å². The third-order valence-corrected chi connectivity index (χ3v) is 4.12. The Bertz CT molecular complexity index is 606. The van der Waals surface area contributed by atoms with E-state index >= 15 is 0 Å². The van der Waals surface area contributed by atoms with E-state index in [1.54, 1.807) is 0 Å². The van der Waals surface area contributed by atoms with E-state index in [2.05, 4.69) is 40.8 Å². The first-order valence-electron chi connectivity index (χ1n) is 7.17. The molecule has 4 nitrogen and oxygen atoms in total. The first-order valence-corrected chi connectivity index (χ1v) is 7.17. The number of ether oxygens (including phenoxy) is 1. The summed E-state index contributed by atoms with van der Waals surface area (Å²) in [5.74, 6) is 0.990. The van der Waals surface area contributed by atoms with Crippen LogP contribution in [0.2, 0.25) is 0 Å². The summed E-state index contributed by atoms with van der Waals surface area (Å²) in [6.45, 7) is 7.91. The molecular weight excluding hydrogens is 250 g/mol. The highest BCUT2D eigenvalue weighted by Crippen LogP contribution is 2.38. The lowest BCUT2D eigenvalue weighted by Gasteiger charge is -2.35. The number of hydrogen-bond acceptors (Lipinski definition) is 3. The molecule has 0 radical (unpaired) electrons. The first-order chi connectivity index (χ1) is 9.72. The van der Waals surface area contributed by atoms with Crippen molar-refractivity contribution < 1.29 is 4.74 Å². The van der Waals surface area contributed by atoms with E-state index in [9.17, 15) is 0 Å². The average molecular weight is 271 g/mol. The fraction of sp³-hybridized carbons (Fsp3) is 0.438. The van der Waals surface area contributed by atoms with Crippen LogP contribution in [0.4, 0.5) is 0 Å². The molecule has 106 valence electrons. The zero-order valence-electron chi connectivity index (χ0n) is 12.3. The lowest BCUT2D eigenvalue weighted by molar-refractivity contribution is 0.179. The van der Waals surface area contributed by atoms with Gasteiger partial charge in [-0.1, -0.05) is 25.1 Å². The molecule has 2 atom stereocenters. The Labute approximate surface area is 119 Å². The van der Waals surface area contributed by atoms with Crippen molar-refractivity contribution in [3.05, 3.63) is 47.5 Å². The molecule has 1 aromatic heterocycles. The summed E-state index contributed by atoms with van der Waals surface area (Å²) in [7, 11) is 0. The SMILES string of the molecule is CCNC1c2ccccc2OCC1n1cnc(C)c1C. The van der Waals surface area contributed by atoms with Crippen LogP contribution in [0.15, 0.2) is 30.6 Å². The van der Waals surface area contributed by atoms with Crippen LogP contribution < -0.4 is 10.1 Å². The fourth-order valence-corrected chi connectivity index (χ4v) is 2.90. The zero-order chi connectivity index (χ0) is 14.1. The van der Waals surface area contributed by atoms with Crippen molar-refractivity contribution in [3.8, 4) is 5.75 Å². The minimum Gasteiger partial charge on any atom is -0.491 e. The molecule has 0 spiro atoms. The summed E-state index contributed by atoms with van der Waals surface area (Å²) in [4.78, 5) is 4.42. The topological polar surface area (TPSA) is 39.1 Å². The molecule has 0 saturated carbocycles. The van der Waals surface area contributed by atoms with Gasteiger partial charge in [-0.05, 0) is 26.5 Å². The number of benzene rings is 1. The van der Waals surface area contributed by atoms with Crippen molar-refractivity contribution in [1.29, 1.82) is 0 Å². The van der Waals surface area contributed by atoms with Gasteiger partial charge in [-0.25, -0.2) is 4.98 Å². The van der Waals surface area contributed by atoms with Crippen molar-refractivity contribution in [2.45, 2.75) is 32.9 Å². The van der Waals surface area contributed by atoms with Crippen LogP contribution >= 0.6 is 0 Å². The number of imidazole rings is 1. The standard InChI is InChI=1S/C16H21N3O/c1-4-17-16-13-7-5-6-8-15(13)20-9-14(16)19-10-18-11(2)12(19)3/h5-8,10,14,16-17H,4,9H2,1-3H3. The van der Waals surface area contributed by atoms with Gasteiger partial charge in [0.25, 0.3) is 0 Å². The van der Waals surface area contributed by atoms with Crippen LogP contribution in [0.1, 0.15) is 36.0 Å². The second-order valence-corrected chi connectivity index (χ2v) is 5.27. The highest BCUT2D eigenvalue weighted by Gasteiger charge is 2.32. The second kappa shape index (κ2) is 5.29. The maximum atomic E-state index is 5.94. The lowest BCUT2D eigenvalue weighted by atomic mass is 9.95. The molecule has 1 N–H and O–H groups in total. The number of aryl methyl sites for hydroxylation is 1. The largest absolute Gasteiger partial charge is 0.491 e. The molecule has 4 heteroatoms.